The van der Waals surface area contributed by atoms with E-state index in [9.17, 15) is 13.6 Å². The van der Waals surface area contributed by atoms with E-state index in [0.717, 1.165) is 12.8 Å². The van der Waals surface area contributed by atoms with Crippen LogP contribution in [0.5, 0.6) is 0 Å². The van der Waals surface area contributed by atoms with Gasteiger partial charge in [0.15, 0.2) is 0 Å². The zero-order valence-electron chi connectivity index (χ0n) is 7.94. The van der Waals surface area contributed by atoms with Crippen molar-refractivity contribution in [3.63, 3.8) is 0 Å². The lowest BCUT2D eigenvalue weighted by molar-refractivity contribution is -0.132. The molecule has 1 rings (SSSR count). The van der Waals surface area contributed by atoms with Crippen molar-refractivity contribution in [1.29, 1.82) is 0 Å². The standard InChI is InChI=1S/C9H15F2NO/c1-6(2)9(3-4-9)5-12-8(13)7(10)11/h6-7H,3-5H2,1-2H3,(H,12,13). The van der Waals surface area contributed by atoms with Crippen LogP contribution in [0, 0.1) is 11.3 Å². The van der Waals surface area contributed by atoms with Gasteiger partial charge in [-0.3, -0.25) is 4.79 Å². The maximum Gasteiger partial charge on any atom is 0.315 e. The molecular weight excluding hydrogens is 176 g/mol. The molecule has 0 radical (unpaired) electrons. The van der Waals surface area contributed by atoms with Crippen LogP contribution in [0.4, 0.5) is 8.78 Å². The predicted molar refractivity (Wildman–Crippen MR) is 45.5 cm³/mol. The second-order valence-corrected chi connectivity index (χ2v) is 4.04. The van der Waals surface area contributed by atoms with Crippen LogP contribution in [-0.2, 0) is 4.79 Å². The smallest absolute Gasteiger partial charge is 0.315 e. The fraction of sp³-hybridized carbons (Fsp3) is 0.889. The topological polar surface area (TPSA) is 29.1 Å². The highest BCUT2D eigenvalue weighted by Crippen LogP contribution is 2.51. The van der Waals surface area contributed by atoms with Gasteiger partial charge in [0.05, 0.1) is 0 Å². The molecule has 0 bridgehead atoms. The van der Waals surface area contributed by atoms with E-state index in [4.69, 9.17) is 0 Å². The average molecular weight is 191 g/mol. The molecule has 1 saturated carbocycles. The lowest BCUT2D eigenvalue weighted by Crippen LogP contribution is -2.36. The van der Waals surface area contributed by atoms with Crippen molar-refractivity contribution in [3.8, 4) is 0 Å². The number of amides is 1. The van der Waals surface area contributed by atoms with Gasteiger partial charge in [0.1, 0.15) is 0 Å². The molecule has 1 N–H and O–H groups in total. The Kier molecular flexibility index (Phi) is 2.88. The van der Waals surface area contributed by atoms with Crippen LogP contribution in [-0.4, -0.2) is 18.9 Å². The Morgan fingerprint density at radius 2 is 2.00 bits per heavy atom. The summed E-state index contributed by atoms with van der Waals surface area (Å²) in [5, 5.41) is 2.28. The number of halogens is 2. The van der Waals surface area contributed by atoms with Crippen molar-refractivity contribution < 1.29 is 13.6 Å². The minimum atomic E-state index is -2.89. The van der Waals surface area contributed by atoms with Crippen LogP contribution in [0.2, 0.25) is 0 Å². The molecule has 1 aliphatic rings. The van der Waals surface area contributed by atoms with Crippen LogP contribution >= 0.6 is 0 Å². The van der Waals surface area contributed by atoms with Gasteiger partial charge in [-0.15, -0.1) is 0 Å². The fourth-order valence-corrected chi connectivity index (χ4v) is 1.46. The summed E-state index contributed by atoms with van der Waals surface area (Å²) < 4.78 is 23.6. The molecule has 0 heterocycles. The van der Waals surface area contributed by atoms with Crippen LogP contribution < -0.4 is 5.32 Å². The van der Waals surface area contributed by atoms with Gasteiger partial charge in [-0.05, 0) is 24.2 Å². The maximum absolute atomic E-state index is 11.8. The van der Waals surface area contributed by atoms with E-state index < -0.39 is 12.3 Å². The zero-order chi connectivity index (χ0) is 10.1. The second kappa shape index (κ2) is 3.60. The molecule has 0 aliphatic heterocycles. The number of alkyl halides is 2. The van der Waals surface area contributed by atoms with Gasteiger partial charge in [-0.25, -0.2) is 0 Å². The van der Waals surface area contributed by atoms with Crippen LogP contribution in [0.25, 0.3) is 0 Å². The molecular formula is C9H15F2NO. The van der Waals surface area contributed by atoms with Gasteiger partial charge in [0.25, 0.3) is 5.91 Å². The van der Waals surface area contributed by atoms with Gasteiger partial charge in [-0.2, -0.15) is 8.78 Å². The molecule has 2 nitrogen and oxygen atoms in total. The van der Waals surface area contributed by atoms with Crippen LogP contribution in [0.15, 0.2) is 0 Å². The van der Waals surface area contributed by atoms with E-state index in [1.807, 2.05) is 0 Å². The SMILES string of the molecule is CC(C)C1(CNC(=O)C(F)F)CC1. The predicted octanol–water partition coefficient (Wildman–Crippen LogP) is 1.80. The third-order valence-corrected chi connectivity index (χ3v) is 2.93. The molecule has 1 aliphatic carbocycles. The zero-order valence-corrected chi connectivity index (χ0v) is 7.94. The summed E-state index contributed by atoms with van der Waals surface area (Å²) in [7, 11) is 0. The first kappa shape index (κ1) is 10.4. The Labute approximate surface area is 76.7 Å². The molecule has 1 amide bonds. The van der Waals surface area contributed by atoms with Gasteiger partial charge < -0.3 is 5.32 Å². The summed E-state index contributed by atoms with van der Waals surface area (Å²) in [6.45, 7) is 4.51. The summed E-state index contributed by atoms with van der Waals surface area (Å²) in [4.78, 5) is 10.6. The van der Waals surface area contributed by atoms with E-state index in [1.54, 1.807) is 0 Å². The fourth-order valence-electron chi connectivity index (χ4n) is 1.46. The number of hydrogen-bond acceptors (Lipinski definition) is 1. The molecule has 4 heteroatoms. The normalized spacial score (nSPS) is 19.2. The van der Waals surface area contributed by atoms with Crippen LogP contribution in [0.3, 0.4) is 0 Å². The Bertz CT molecular complexity index is 200. The Morgan fingerprint density at radius 3 is 2.31 bits per heavy atom. The van der Waals surface area contributed by atoms with E-state index in [1.165, 1.54) is 0 Å². The van der Waals surface area contributed by atoms with Crippen molar-refractivity contribution in [1.82, 2.24) is 5.32 Å². The summed E-state index contributed by atoms with van der Waals surface area (Å²) in [5.74, 6) is -0.697. The summed E-state index contributed by atoms with van der Waals surface area (Å²) in [6.07, 6.45) is -0.814. The van der Waals surface area contributed by atoms with Gasteiger partial charge in [0, 0.05) is 6.54 Å². The molecule has 0 atom stereocenters. The van der Waals surface area contributed by atoms with Crippen LogP contribution in [0.1, 0.15) is 26.7 Å². The quantitative estimate of drug-likeness (QED) is 0.721. The number of rotatable bonds is 4. The molecule has 0 unspecified atom stereocenters. The molecule has 0 aromatic rings. The molecule has 0 saturated heterocycles. The summed E-state index contributed by atoms with van der Waals surface area (Å²) in [6, 6.07) is 0. The lowest BCUT2D eigenvalue weighted by atomic mass is 9.92. The molecule has 0 aromatic heterocycles. The van der Waals surface area contributed by atoms with E-state index >= 15 is 0 Å². The van der Waals surface area contributed by atoms with Crippen molar-refractivity contribution >= 4 is 5.91 Å². The third-order valence-electron chi connectivity index (χ3n) is 2.93. The summed E-state index contributed by atoms with van der Waals surface area (Å²) in [5.41, 5.74) is 0.102. The van der Waals surface area contributed by atoms with E-state index in [-0.39, 0.29) is 5.41 Å². The van der Waals surface area contributed by atoms with Gasteiger partial charge in [0.2, 0.25) is 0 Å². The Balaban J connectivity index is 2.31. The average Bonchev–Trinajstić information content (AvgIpc) is 2.80. The Morgan fingerprint density at radius 1 is 1.46 bits per heavy atom. The number of nitrogens with one attached hydrogen (secondary N) is 1. The van der Waals surface area contributed by atoms with Crippen molar-refractivity contribution in [2.24, 2.45) is 11.3 Å². The van der Waals surface area contributed by atoms with Gasteiger partial charge >= 0.3 is 6.43 Å². The van der Waals surface area contributed by atoms with Crippen molar-refractivity contribution in [2.75, 3.05) is 6.54 Å². The minimum Gasteiger partial charge on any atom is -0.351 e. The first-order valence-electron chi connectivity index (χ1n) is 4.54. The number of carbonyl (C=O) groups is 1. The largest absolute Gasteiger partial charge is 0.351 e. The van der Waals surface area contributed by atoms with E-state index in [2.05, 4.69) is 19.2 Å². The minimum absolute atomic E-state index is 0.102. The highest BCUT2D eigenvalue weighted by atomic mass is 19.3. The molecule has 0 spiro atoms. The number of carbonyl (C=O) groups excluding carboxylic acids is 1. The lowest BCUT2D eigenvalue weighted by Gasteiger charge is -2.19. The highest BCUT2D eigenvalue weighted by molar-refractivity contribution is 5.79. The van der Waals surface area contributed by atoms with Crippen molar-refractivity contribution in [3.05, 3.63) is 0 Å². The first-order valence-corrected chi connectivity index (χ1v) is 4.54. The summed E-state index contributed by atoms with van der Waals surface area (Å²) >= 11 is 0. The second-order valence-electron chi connectivity index (χ2n) is 4.04. The number of hydrogen-bond donors (Lipinski definition) is 1. The maximum atomic E-state index is 11.8. The molecule has 13 heavy (non-hydrogen) atoms. The molecule has 1 fully saturated rings. The van der Waals surface area contributed by atoms with Gasteiger partial charge in [-0.1, -0.05) is 13.8 Å². The molecule has 76 valence electrons. The third kappa shape index (κ3) is 2.39. The molecule has 0 aromatic carbocycles. The first-order chi connectivity index (χ1) is 5.98. The monoisotopic (exact) mass is 191 g/mol. The van der Waals surface area contributed by atoms with Crippen molar-refractivity contribution in [2.45, 2.75) is 33.1 Å². The Hall–Kier alpha value is -0.670. The van der Waals surface area contributed by atoms with E-state index in [0.29, 0.717) is 12.5 Å². The highest BCUT2D eigenvalue weighted by Gasteiger charge is 2.45.